The maximum atomic E-state index is 3.74. The molecule has 1 aliphatic carbocycles. The second-order valence-electron chi connectivity index (χ2n) is 8.75. The Kier molecular flexibility index (Phi) is 3.58. The maximum absolute atomic E-state index is 3.74. The van der Waals surface area contributed by atoms with Crippen LogP contribution in [0.2, 0.25) is 0 Å². The van der Waals surface area contributed by atoms with Crippen LogP contribution in [-0.2, 0) is 5.41 Å². The average molecular weight is 386 g/mol. The van der Waals surface area contributed by atoms with Crippen LogP contribution in [0, 0.1) is 0 Å². The van der Waals surface area contributed by atoms with Gasteiger partial charge in [0.25, 0.3) is 0 Å². The van der Waals surface area contributed by atoms with Gasteiger partial charge in [-0.15, -0.1) is 0 Å². The minimum Gasteiger partial charge on any atom is -0.355 e. The van der Waals surface area contributed by atoms with E-state index in [4.69, 9.17) is 0 Å². The van der Waals surface area contributed by atoms with E-state index in [-0.39, 0.29) is 5.41 Å². The number of hydrogen-bond acceptors (Lipinski definition) is 1. The molecule has 0 unspecified atom stereocenters. The van der Waals surface area contributed by atoms with Crippen LogP contribution in [0.3, 0.4) is 0 Å². The van der Waals surface area contributed by atoms with Crippen LogP contribution < -0.4 is 5.32 Å². The quantitative estimate of drug-likeness (QED) is 0.303. The van der Waals surface area contributed by atoms with E-state index in [0.717, 1.165) is 5.69 Å². The number of fused-ring (bicyclic) bond motifs is 6. The third-order valence-electron chi connectivity index (χ3n) is 6.63. The first kappa shape index (κ1) is 17.3. The molecule has 1 heteroatoms. The molecule has 0 atom stereocenters. The van der Waals surface area contributed by atoms with E-state index in [1.807, 2.05) is 0 Å². The number of nitrogens with one attached hydrogen (secondary N) is 1. The molecule has 6 rings (SSSR count). The van der Waals surface area contributed by atoms with Crippen molar-refractivity contribution >= 4 is 32.9 Å². The third kappa shape index (κ3) is 2.42. The van der Waals surface area contributed by atoms with Gasteiger partial charge in [0.05, 0.1) is 0 Å². The van der Waals surface area contributed by atoms with Crippen LogP contribution in [0.15, 0.2) is 97.1 Å². The minimum atomic E-state index is 0.0171. The van der Waals surface area contributed by atoms with E-state index in [9.17, 15) is 0 Å². The second kappa shape index (κ2) is 6.21. The van der Waals surface area contributed by atoms with Crippen molar-refractivity contribution in [1.82, 2.24) is 0 Å². The smallest absolute Gasteiger partial charge is 0.0467 e. The molecule has 0 spiro atoms. The highest BCUT2D eigenvalue weighted by molar-refractivity contribution is 6.08. The minimum absolute atomic E-state index is 0.0171. The lowest BCUT2D eigenvalue weighted by molar-refractivity contribution is 0.660. The normalized spacial score (nSPS) is 13.9. The van der Waals surface area contributed by atoms with Gasteiger partial charge in [0.1, 0.15) is 0 Å². The highest BCUT2D eigenvalue weighted by atomic mass is 14.9. The van der Waals surface area contributed by atoms with E-state index in [0.29, 0.717) is 0 Å². The Morgan fingerprint density at radius 1 is 0.600 bits per heavy atom. The molecule has 1 nitrogen and oxygen atoms in total. The highest BCUT2D eigenvalue weighted by Crippen LogP contribution is 2.51. The first-order valence-corrected chi connectivity index (χ1v) is 10.5. The van der Waals surface area contributed by atoms with E-state index < -0.39 is 0 Å². The summed E-state index contributed by atoms with van der Waals surface area (Å²) in [4.78, 5) is 0. The lowest BCUT2D eigenvalue weighted by Crippen LogP contribution is -2.14. The predicted octanol–water partition coefficient (Wildman–Crippen LogP) is 8.04. The summed E-state index contributed by atoms with van der Waals surface area (Å²) in [6, 6.07) is 35.1. The van der Waals surface area contributed by atoms with Gasteiger partial charge < -0.3 is 5.32 Å². The van der Waals surface area contributed by atoms with Gasteiger partial charge in [-0.25, -0.2) is 0 Å². The Morgan fingerprint density at radius 3 is 2.20 bits per heavy atom. The molecule has 30 heavy (non-hydrogen) atoms. The Bertz CT molecular complexity index is 1440. The molecule has 1 N–H and O–H groups in total. The van der Waals surface area contributed by atoms with Crippen molar-refractivity contribution in [2.24, 2.45) is 0 Å². The van der Waals surface area contributed by atoms with Gasteiger partial charge in [-0.05, 0) is 56.4 Å². The Balaban J connectivity index is 1.52. The zero-order chi connectivity index (χ0) is 20.3. The first-order valence-electron chi connectivity index (χ1n) is 10.5. The fourth-order valence-electron chi connectivity index (χ4n) is 5.09. The lowest BCUT2D eigenvalue weighted by Gasteiger charge is -2.21. The number of anilines is 2. The Labute approximate surface area is 177 Å². The number of benzene rings is 5. The molecule has 0 radical (unpaired) electrons. The van der Waals surface area contributed by atoms with Gasteiger partial charge in [0, 0.05) is 22.4 Å². The lowest BCUT2D eigenvalue weighted by atomic mass is 9.82. The monoisotopic (exact) mass is 385 g/mol. The van der Waals surface area contributed by atoms with E-state index in [1.54, 1.807) is 0 Å². The molecule has 5 aromatic rings. The molecular formula is C29H23N. The van der Waals surface area contributed by atoms with E-state index in [2.05, 4.69) is 116 Å². The Morgan fingerprint density at radius 2 is 1.30 bits per heavy atom. The van der Waals surface area contributed by atoms with Crippen LogP contribution in [0.1, 0.15) is 25.0 Å². The molecule has 0 amide bonds. The topological polar surface area (TPSA) is 12.0 Å². The van der Waals surface area contributed by atoms with Gasteiger partial charge in [-0.1, -0.05) is 92.7 Å². The van der Waals surface area contributed by atoms with Crippen molar-refractivity contribution in [3.05, 3.63) is 108 Å². The molecule has 0 saturated carbocycles. The molecular weight excluding hydrogens is 362 g/mol. The predicted molar refractivity (Wildman–Crippen MR) is 129 cm³/mol. The van der Waals surface area contributed by atoms with Crippen LogP contribution >= 0.6 is 0 Å². The summed E-state index contributed by atoms with van der Waals surface area (Å²) in [5.41, 5.74) is 7.77. The summed E-state index contributed by atoms with van der Waals surface area (Å²) in [6.45, 7) is 4.65. The van der Waals surface area contributed by atoms with Crippen molar-refractivity contribution in [2.45, 2.75) is 19.3 Å². The summed E-state index contributed by atoms with van der Waals surface area (Å²) in [5.74, 6) is 0. The van der Waals surface area contributed by atoms with Crippen LogP contribution in [0.25, 0.3) is 32.7 Å². The third-order valence-corrected chi connectivity index (χ3v) is 6.63. The van der Waals surface area contributed by atoms with E-state index in [1.165, 1.54) is 49.5 Å². The highest BCUT2D eigenvalue weighted by Gasteiger charge is 2.36. The maximum Gasteiger partial charge on any atom is 0.0467 e. The van der Waals surface area contributed by atoms with Gasteiger partial charge in [0.2, 0.25) is 0 Å². The second-order valence-corrected chi connectivity index (χ2v) is 8.75. The molecule has 1 aliphatic rings. The van der Waals surface area contributed by atoms with Crippen LogP contribution in [0.4, 0.5) is 11.4 Å². The van der Waals surface area contributed by atoms with Gasteiger partial charge in [0.15, 0.2) is 0 Å². The molecule has 5 aromatic carbocycles. The van der Waals surface area contributed by atoms with E-state index >= 15 is 0 Å². The molecule has 0 aromatic heterocycles. The zero-order valence-corrected chi connectivity index (χ0v) is 17.2. The van der Waals surface area contributed by atoms with Crippen molar-refractivity contribution in [3.8, 4) is 11.1 Å². The zero-order valence-electron chi connectivity index (χ0n) is 17.2. The standard InChI is InChI=1S/C29H23N/c1-29(2)25-11-6-5-10-23(25)28-26(29)12-7-13-27(28)30-21-17-16-20-15-14-19-8-3-4-9-22(19)24(20)18-21/h3-18,30H,1-2H3. The largest absolute Gasteiger partial charge is 0.355 e. The summed E-state index contributed by atoms with van der Waals surface area (Å²) < 4.78 is 0. The molecule has 0 fully saturated rings. The molecule has 0 saturated heterocycles. The summed E-state index contributed by atoms with van der Waals surface area (Å²) in [6.07, 6.45) is 0. The fourth-order valence-corrected chi connectivity index (χ4v) is 5.09. The van der Waals surface area contributed by atoms with Crippen molar-refractivity contribution in [2.75, 3.05) is 5.32 Å². The summed E-state index contributed by atoms with van der Waals surface area (Å²) in [5, 5.41) is 8.86. The Hall–Kier alpha value is -3.58. The molecule has 0 heterocycles. The van der Waals surface area contributed by atoms with Gasteiger partial charge in [-0.2, -0.15) is 0 Å². The van der Waals surface area contributed by atoms with Crippen molar-refractivity contribution in [1.29, 1.82) is 0 Å². The molecule has 0 aliphatic heterocycles. The van der Waals surface area contributed by atoms with Gasteiger partial charge >= 0.3 is 0 Å². The molecule has 0 bridgehead atoms. The van der Waals surface area contributed by atoms with Crippen LogP contribution in [-0.4, -0.2) is 0 Å². The van der Waals surface area contributed by atoms with Crippen molar-refractivity contribution in [3.63, 3.8) is 0 Å². The van der Waals surface area contributed by atoms with Gasteiger partial charge in [-0.3, -0.25) is 0 Å². The summed E-state index contributed by atoms with van der Waals surface area (Å²) >= 11 is 0. The fraction of sp³-hybridized carbons (Fsp3) is 0.103. The first-order chi connectivity index (χ1) is 14.6. The summed E-state index contributed by atoms with van der Waals surface area (Å²) in [7, 11) is 0. The molecule has 144 valence electrons. The average Bonchev–Trinajstić information content (AvgIpc) is 3.02. The number of rotatable bonds is 2. The SMILES string of the molecule is CC1(C)c2ccccc2-c2c(Nc3ccc4ccc5ccccc5c4c3)cccc21. The van der Waals surface area contributed by atoms with Crippen LogP contribution in [0.5, 0.6) is 0 Å². The van der Waals surface area contributed by atoms with Crippen molar-refractivity contribution < 1.29 is 0 Å². The number of hydrogen-bond donors (Lipinski definition) is 1.